The smallest absolute Gasteiger partial charge is 0.295 e. The third-order valence-electron chi connectivity index (χ3n) is 6.30. The van der Waals surface area contributed by atoms with Crippen molar-refractivity contribution >= 4 is 29.1 Å². The molecule has 7 nitrogen and oxygen atoms in total. The topological polar surface area (TPSA) is 89.0 Å². The number of aromatic nitrogens is 1. The first-order valence-corrected chi connectivity index (χ1v) is 12.8. The van der Waals surface area contributed by atoms with E-state index < -0.39 is 17.7 Å². The number of rotatable bonds is 8. The van der Waals surface area contributed by atoms with Crippen molar-refractivity contribution in [3.8, 4) is 17.2 Å². The first kappa shape index (κ1) is 26.0. The van der Waals surface area contributed by atoms with E-state index in [1.807, 2.05) is 37.3 Å². The molecule has 1 atom stereocenters. The number of para-hydroxylation sites is 1. The van der Waals surface area contributed by atoms with Gasteiger partial charge in [0.1, 0.15) is 23.0 Å². The summed E-state index contributed by atoms with van der Waals surface area (Å²) in [6, 6.07) is 23.9. The number of aliphatic hydroxyl groups is 1. The standard InChI is InChI=1S/C31H25ClN2O5/c1-2-38-23-11-12-26(32)25(18-23)29(35)27-28(34(31(37)30(27)36)19-20-13-15-33-16-14-20)21-7-6-10-24(17-21)39-22-8-4-3-5-9-22/h3-18,28,35H,2,19H2,1H3/b29-27+. The number of carbonyl (C=O) groups is 2. The molecule has 1 unspecified atom stereocenters. The molecule has 1 aliphatic heterocycles. The molecule has 0 spiro atoms. The molecule has 8 heteroatoms. The predicted octanol–water partition coefficient (Wildman–Crippen LogP) is 6.55. The Hall–Kier alpha value is -4.62. The minimum absolute atomic E-state index is 0.0681. The van der Waals surface area contributed by atoms with Gasteiger partial charge < -0.3 is 19.5 Å². The lowest BCUT2D eigenvalue weighted by Crippen LogP contribution is -2.29. The molecular formula is C31H25ClN2O5. The zero-order valence-corrected chi connectivity index (χ0v) is 21.8. The van der Waals surface area contributed by atoms with Crippen LogP contribution in [-0.2, 0) is 16.1 Å². The van der Waals surface area contributed by atoms with Gasteiger partial charge in [0.2, 0.25) is 0 Å². The summed E-state index contributed by atoms with van der Waals surface area (Å²) in [6.07, 6.45) is 3.24. The highest BCUT2D eigenvalue weighted by Gasteiger charge is 2.46. The van der Waals surface area contributed by atoms with Crippen LogP contribution in [0, 0.1) is 0 Å². The van der Waals surface area contributed by atoms with E-state index in [-0.39, 0.29) is 28.5 Å². The Bertz CT molecular complexity index is 1540. The Labute approximate surface area is 230 Å². The Morgan fingerprint density at radius 3 is 2.41 bits per heavy atom. The number of nitrogens with zero attached hydrogens (tertiary/aromatic N) is 2. The van der Waals surface area contributed by atoms with Gasteiger partial charge in [-0.05, 0) is 72.6 Å². The van der Waals surface area contributed by atoms with Gasteiger partial charge in [0.15, 0.2) is 0 Å². The number of benzene rings is 3. The van der Waals surface area contributed by atoms with Crippen molar-refractivity contribution in [2.75, 3.05) is 6.61 Å². The molecule has 1 amide bonds. The van der Waals surface area contributed by atoms with Crippen molar-refractivity contribution in [2.24, 2.45) is 0 Å². The van der Waals surface area contributed by atoms with Crippen molar-refractivity contribution in [1.29, 1.82) is 0 Å². The summed E-state index contributed by atoms with van der Waals surface area (Å²) in [4.78, 5) is 32.3. The highest BCUT2D eigenvalue weighted by molar-refractivity contribution is 6.47. The minimum atomic E-state index is -0.899. The van der Waals surface area contributed by atoms with Crippen molar-refractivity contribution < 1.29 is 24.2 Å². The number of amides is 1. The van der Waals surface area contributed by atoms with E-state index in [4.69, 9.17) is 21.1 Å². The van der Waals surface area contributed by atoms with Crippen LogP contribution >= 0.6 is 11.6 Å². The largest absolute Gasteiger partial charge is 0.507 e. The SMILES string of the molecule is CCOc1ccc(Cl)c(/C(O)=C2\C(=O)C(=O)N(Cc3ccncc3)C2c2cccc(Oc3ccccc3)c2)c1. The van der Waals surface area contributed by atoms with Crippen LogP contribution in [0.5, 0.6) is 17.2 Å². The quantitative estimate of drug-likeness (QED) is 0.155. The van der Waals surface area contributed by atoms with Crippen molar-refractivity contribution in [2.45, 2.75) is 19.5 Å². The number of aliphatic hydroxyl groups excluding tert-OH is 1. The number of carbonyl (C=O) groups excluding carboxylic acids is 2. The van der Waals surface area contributed by atoms with E-state index in [0.717, 1.165) is 5.56 Å². The monoisotopic (exact) mass is 540 g/mol. The van der Waals surface area contributed by atoms with Crippen LogP contribution in [0.2, 0.25) is 5.02 Å². The second-order valence-electron chi connectivity index (χ2n) is 8.84. The molecular weight excluding hydrogens is 516 g/mol. The van der Waals surface area contributed by atoms with Gasteiger partial charge in [0.05, 0.1) is 23.2 Å². The molecule has 1 aliphatic rings. The highest BCUT2D eigenvalue weighted by Crippen LogP contribution is 2.42. The van der Waals surface area contributed by atoms with Gasteiger partial charge in [-0.1, -0.05) is 41.9 Å². The van der Waals surface area contributed by atoms with Crippen LogP contribution in [0.4, 0.5) is 0 Å². The third kappa shape index (κ3) is 5.49. The fourth-order valence-electron chi connectivity index (χ4n) is 4.53. The van der Waals surface area contributed by atoms with E-state index in [1.54, 1.807) is 67.0 Å². The fourth-order valence-corrected chi connectivity index (χ4v) is 4.74. The normalized spacial score (nSPS) is 16.4. The van der Waals surface area contributed by atoms with Gasteiger partial charge in [-0.2, -0.15) is 0 Å². The van der Waals surface area contributed by atoms with E-state index in [1.165, 1.54) is 4.90 Å². The molecule has 0 radical (unpaired) electrons. The second-order valence-corrected chi connectivity index (χ2v) is 9.25. The molecule has 196 valence electrons. The van der Waals surface area contributed by atoms with Gasteiger partial charge in [-0.25, -0.2) is 0 Å². The summed E-state index contributed by atoms with van der Waals surface area (Å²) in [7, 11) is 0. The molecule has 0 aliphatic carbocycles. The van der Waals surface area contributed by atoms with E-state index in [0.29, 0.717) is 29.4 Å². The fraction of sp³-hybridized carbons (Fsp3) is 0.129. The van der Waals surface area contributed by atoms with Crippen molar-refractivity contribution in [1.82, 2.24) is 9.88 Å². The van der Waals surface area contributed by atoms with Gasteiger partial charge in [0.25, 0.3) is 11.7 Å². The zero-order valence-electron chi connectivity index (χ0n) is 21.1. The van der Waals surface area contributed by atoms with Crippen LogP contribution in [0.3, 0.4) is 0 Å². The van der Waals surface area contributed by atoms with Gasteiger partial charge in [-0.15, -0.1) is 0 Å². The molecule has 39 heavy (non-hydrogen) atoms. The molecule has 1 aromatic heterocycles. The maximum atomic E-state index is 13.5. The maximum absolute atomic E-state index is 13.5. The van der Waals surface area contributed by atoms with Gasteiger partial charge >= 0.3 is 0 Å². The maximum Gasteiger partial charge on any atom is 0.295 e. The Morgan fingerprint density at radius 1 is 0.923 bits per heavy atom. The molecule has 5 rings (SSSR count). The number of hydrogen-bond donors (Lipinski definition) is 1. The first-order chi connectivity index (χ1) is 19.0. The molecule has 4 aromatic rings. The van der Waals surface area contributed by atoms with Crippen LogP contribution in [0.15, 0.2) is 103 Å². The second kappa shape index (κ2) is 11.4. The number of pyridine rings is 1. The molecule has 0 bridgehead atoms. The number of ether oxygens (including phenoxy) is 2. The van der Waals surface area contributed by atoms with Gasteiger partial charge in [0, 0.05) is 24.5 Å². The summed E-state index contributed by atoms with van der Waals surface area (Å²) in [5.41, 5.74) is 1.51. The predicted molar refractivity (Wildman–Crippen MR) is 148 cm³/mol. The molecule has 0 saturated carbocycles. The zero-order chi connectivity index (χ0) is 27.4. The summed E-state index contributed by atoms with van der Waals surface area (Å²) in [6.45, 7) is 2.38. The lowest BCUT2D eigenvalue weighted by molar-refractivity contribution is -0.140. The molecule has 1 N–H and O–H groups in total. The molecule has 1 saturated heterocycles. The Kier molecular flexibility index (Phi) is 7.61. The van der Waals surface area contributed by atoms with E-state index in [2.05, 4.69) is 4.98 Å². The summed E-state index contributed by atoms with van der Waals surface area (Å²) in [5, 5.41) is 11.7. The summed E-state index contributed by atoms with van der Waals surface area (Å²) in [5.74, 6) is -0.283. The molecule has 1 fully saturated rings. The summed E-state index contributed by atoms with van der Waals surface area (Å²) < 4.78 is 11.6. The number of likely N-dealkylation sites (tertiary alicyclic amines) is 1. The summed E-state index contributed by atoms with van der Waals surface area (Å²) >= 11 is 6.44. The number of Topliss-reactive ketones (excluding diaryl/α,β-unsaturated/α-hetero) is 1. The van der Waals surface area contributed by atoms with Crippen molar-refractivity contribution in [3.05, 3.63) is 125 Å². The van der Waals surface area contributed by atoms with Crippen molar-refractivity contribution in [3.63, 3.8) is 0 Å². The average Bonchev–Trinajstić information content (AvgIpc) is 3.20. The Balaban J connectivity index is 1.64. The molecule has 3 aromatic carbocycles. The van der Waals surface area contributed by atoms with Gasteiger partial charge in [-0.3, -0.25) is 14.6 Å². The van der Waals surface area contributed by atoms with Crippen LogP contribution in [-0.4, -0.2) is 33.3 Å². The number of ketones is 1. The molecule has 2 heterocycles. The highest BCUT2D eigenvalue weighted by atomic mass is 35.5. The van der Waals surface area contributed by atoms with Crippen LogP contribution in [0.1, 0.15) is 29.7 Å². The van der Waals surface area contributed by atoms with E-state index in [9.17, 15) is 14.7 Å². The average molecular weight is 541 g/mol. The number of hydrogen-bond acceptors (Lipinski definition) is 6. The lowest BCUT2D eigenvalue weighted by Gasteiger charge is -2.26. The first-order valence-electron chi connectivity index (χ1n) is 12.4. The minimum Gasteiger partial charge on any atom is -0.507 e. The van der Waals surface area contributed by atoms with Crippen LogP contribution < -0.4 is 9.47 Å². The third-order valence-corrected chi connectivity index (χ3v) is 6.63. The van der Waals surface area contributed by atoms with E-state index >= 15 is 0 Å². The number of halogens is 1. The van der Waals surface area contributed by atoms with Crippen LogP contribution in [0.25, 0.3) is 5.76 Å². The lowest BCUT2D eigenvalue weighted by atomic mass is 9.95. The Morgan fingerprint density at radius 2 is 1.67 bits per heavy atom.